The first kappa shape index (κ1) is 11.6. The smallest absolute Gasteiger partial charge is 0.159 e. The Kier molecular flexibility index (Phi) is 2.84. The summed E-state index contributed by atoms with van der Waals surface area (Å²) in [4.78, 5) is 8.49. The molecule has 0 aliphatic heterocycles. The molecular formula is C14H17N3. The number of aromatic nitrogens is 2. The summed E-state index contributed by atoms with van der Waals surface area (Å²) < 4.78 is 0. The van der Waals surface area contributed by atoms with Crippen LogP contribution in [0, 0.1) is 0 Å². The Labute approximate surface area is 102 Å². The molecule has 0 unspecified atom stereocenters. The number of nitrogens with zero attached hydrogens (tertiary/aromatic N) is 2. The van der Waals surface area contributed by atoms with E-state index in [-0.39, 0.29) is 5.41 Å². The van der Waals surface area contributed by atoms with Crippen LogP contribution in [0.25, 0.3) is 11.4 Å². The molecule has 3 heteroatoms. The van der Waals surface area contributed by atoms with Crippen molar-refractivity contribution in [3.8, 4) is 11.4 Å². The molecule has 1 aromatic heterocycles. The van der Waals surface area contributed by atoms with E-state index in [1.54, 1.807) is 18.5 Å². The van der Waals surface area contributed by atoms with E-state index < -0.39 is 0 Å². The molecule has 0 radical (unpaired) electrons. The molecule has 0 aliphatic carbocycles. The van der Waals surface area contributed by atoms with Crippen molar-refractivity contribution in [1.82, 2.24) is 9.97 Å². The monoisotopic (exact) mass is 227 g/mol. The summed E-state index contributed by atoms with van der Waals surface area (Å²) in [7, 11) is 0. The van der Waals surface area contributed by atoms with Crippen LogP contribution in [0.5, 0.6) is 0 Å². The molecule has 0 fully saturated rings. The van der Waals surface area contributed by atoms with Gasteiger partial charge in [-0.05, 0) is 35.2 Å². The topological polar surface area (TPSA) is 51.8 Å². The number of nitrogen functional groups attached to an aromatic ring is 1. The van der Waals surface area contributed by atoms with E-state index in [4.69, 9.17) is 5.73 Å². The van der Waals surface area contributed by atoms with Crippen LogP contribution in [-0.4, -0.2) is 9.97 Å². The van der Waals surface area contributed by atoms with Gasteiger partial charge in [0.15, 0.2) is 5.82 Å². The van der Waals surface area contributed by atoms with Crippen LogP contribution in [0.4, 0.5) is 5.69 Å². The van der Waals surface area contributed by atoms with Crippen molar-refractivity contribution in [3.63, 3.8) is 0 Å². The zero-order valence-electron chi connectivity index (χ0n) is 10.4. The van der Waals surface area contributed by atoms with Crippen molar-refractivity contribution >= 4 is 5.69 Å². The quantitative estimate of drug-likeness (QED) is 0.762. The SMILES string of the molecule is CC(C)(C)c1cc(N)cc(-c2ncccn2)c1. The van der Waals surface area contributed by atoms with Gasteiger partial charge < -0.3 is 5.73 Å². The van der Waals surface area contributed by atoms with E-state index >= 15 is 0 Å². The second-order valence-electron chi connectivity index (χ2n) is 5.17. The minimum Gasteiger partial charge on any atom is -0.399 e. The van der Waals surface area contributed by atoms with Gasteiger partial charge in [0.05, 0.1) is 0 Å². The van der Waals surface area contributed by atoms with Crippen molar-refractivity contribution < 1.29 is 0 Å². The fourth-order valence-corrected chi connectivity index (χ4v) is 1.66. The van der Waals surface area contributed by atoms with Gasteiger partial charge in [-0.3, -0.25) is 0 Å². The molecule has 0 spiro atoms. The normalized spacial score (nSPS) is 11.5. The van der Waals surface area contributed by atoms with Gasteiger partial charge in [0.2, 0.25) is 0 Å². The third kappa shape index (κ3) is 2.61. The lowest BCUT2D eigenvalue weighted by Gasteiger charge is -2.20. The largest absolute Gasteiger partial charge is 0.399 e. The Morgan fingerprint density at radius 3 is 2.24 bits per heavy atom. The summed E-state index contributed by atoms with van der Waals surface area (Å²) in [6.07, 6.45) is 3.48. The van der Waals surface area contributed by atoms with Gasteiger partial charge in [-0.2, -0.15) is 0 Å². The predicted molar refractivity (Wildman–Crippen MR) is 70.6 cm³/mol. The van der Waals surface area contributed by atoms with E-state index in [2.05, 4.69) is 36.8 Å². The molecule has 0 aliphatic rings. The first-order chi connectivity index (χ1) is 7.97. The van der Waals surface area contributed by atoms with Crippen molar-refractivity contribution in [1.29, 1.82) is 0 Å². The van der Waals surface area contributed by atoms with Crippen LogP contribution in [0.15, 0.2) is 36.7 Å². The Morgan fingerprint density at radius 1 is 1.00 bits per heavy atom. The summed E-state index contributed by atoms with van der Waals surface area (Å²) in [5.74, 6) is 0.713. The van der Waals surface area contributed by atoms with E-state index in [1.165, 1.54) is 5.56 Å². The Bertz CT molecular complexity index is 513. The molecule has 2 aromatic rings. The molecular weight excluding hydrogens is 210 g/mol. The van der Waals surface area contributed by atoms with Crippen LogP contribution in [0.3, 0.4) is 0 Å². The van der Waals surface area contributed by atoms with Gasteiger partial charge in [-0.15, -0.1) is 0 Å². The molecule has 0 saturated heterocycles. The maximum Gasteiger partial charge on any atom is 0.159 e. The van der Waals surface area contributed by atoms with Crippen LogP contribution in [-0.2, 0) is 5.41 Å². The van der Waals surface area contributed by atoms with Gasteiger partial charge in [0, 0.05) is 23.6 Å². The molecule has 3 nitrogen and oxygen atoms in total. The minimum absolute atomic E-state index is 0.0684. The van der Waals surface area contributed by atoms with Crippen molar-refractivity contribution in [2.45, 2.75) is 26.2 Å². The van der Waals surface area contributed by atoms with E-state index in [0.717, 1.165) is 11.3 Å². The molecule has 0 atom stereocenters. The Morgan fingerprint density at radius 2 is 1.65 bits per heavy atom. The molecule has 1 aromatic carbocycles. The molecule has 0 saturated carbocycles. The molecule has 1 heterocycles. The highest BCUT2D eigenvalue weighted by Crippen LogP contribution is 2.28. The number of anilines is 1. The van der Waals surface area contributed by atoms with Crippen LogP contribution < -0.4 is 5.73 Å². The number of benzene rings is 1. The molecule has 88 valence electrons. The molecule has 0 bridgehead atoms. The van der Waals surface area contributed by atoms with Crippen molar-refractivity contribution in [3.05, 3.63) is 42.2 Å². The van der Waals surface area contributed by atoms with E-state index in [1.807, 2.05) is 12.1 Å². The molecule has 17 heavy (non-hydrogen) atoms. The summed E-state index contributed by atoms with van der Waals surface area (Å²) in [5.41, 5.74) is 8.92. The van der Waals surface area contributed by atoms with Crippen molar-refractivity contribution in [2.24, 2.45) is 0 Å². The van der Waals surface area contributed by atoms with Gasteiger partial charge in [-0.25, -0.2) is 9.97 Å². The number of nitrogens with two attached hydrogens (primary N) is 1. The zero-order valence-corrected chi connectivity index (χ0v) is 10.4. The predicted octanol–water partition coefficient (Wildman–Crippen LogP) is 3.02. The molecule has 2 rings (SSSR count). The van der Waals surface area contributed by atoms with E-state index in [0.29, 0.717) is 5.82 Å². The van der Waals surface area contributed by atoms with Crippen LogP contribution in [0.2, 0.25) is 0 Å². The third-order valence-electron chi connectivity index (χ3n) is 2.65. The second kappa shape index (κ2) is 4.17. The van der Waals surface area contributed by atoms with Crippen LogP contribution in [0.1, 0.15) is 26.3 Å². The minimum atomic E-state index is 0.0684. The Balaban J connectivity index is 2.54. The highest BCUT2D eigenvalue weighted by atomic mass is 14.8. The fraction of sp³-hybridized carbons (Fsp3) is 0.286. The molecule has 2 N–H and O–H groups in total. The first-order valence-corrected chi connectivity index (χ1v) is 5.65. The average Bonchev–Trinajstić information content (AvgIpc) is 2.28. The summed E-state index contributed by atoms with van der Waals surface area (Å²) in [5, 5.41) is 0. The summed E-state index contributed by atoms with van der Waals surface area (Å²) in [6.45, 7) is 6.49. The summed E-state index contributed by atoms with van der Waals surface area (Å²) in [6, 6.07) is 7.82. The lowest BCUT2D eigenvalue weighted by atomic mass is 9.86. The maximum absolute atomic E-state index is 5.94. The van der Waals surface area contributed by atoms with Crippen LogP contribution >= 0.6 is 0 Å². The lowest BCUT2D eigenvalue weighted by molar-refractivity contribution is 0.590. The number of hydrogen-bond acceptors (Lipinski definition) is 3. The molecule has 0 amide bonds. The lowest BCUT2D eigenvalue weighted by Crippen LogP contribution is -2.11. The van der Waals surface area contributed by atoms with Gasteiger partial charge in [-0.1, -0.05) is 20.8 Å². The number of hydrogen-bond donors (Lipinski definition) is 1. The van der Waals surface area contributed by atoms with E-state index in [9.17, 15) is 0 Å². The van der Waals surface area contributed by atoms with Gasteiger partial charge >= 0.3 is 0 Å². The fourth-order valence-electron chi connectivity index (χ4n) is 1.66. The summed E-state index contributed by atoms with van der Waals surface area (Å²) >= 11 is 0. The maximum atomic E-state index is 5.94. The van der Waals surface area contributed by atoms with Gasteiger partial charge in [0.25, 0.3) is 0 Å². The highest BCUT2D eigenvalue weighted by Gasteiger charge is 2.15. The first-order valence-electron chi connectivity index (χ1n) is 5.65. The van der Waals surface area contributed by atoms with Crippen molar-refractivity contribution in [2.75, 3.05) is 5.73 Å². The van der Waals surface area contributed by atoms with Gasteiger partial charge in [0.1, 0.15) is 0 Å². The number of rotatable bonds is 1. The highest BCUT2D eigenvalue weighted by molar-refractivity contribution is 5.63. The Hall–Kier alpha value is -1.90. The second-order valence-corrected chi connectivity index (χ2v) is 5.17. The standard InChI is InChI=1S/C14H17N3/c1-14(2,3)11-7-10(8-12(15)9-11)13-16-5-4-6-17-13/h4-9H,15H2,1-3H3. The third-order valence-corrected chi connectivity index (χ3v) is 2.65. The zero-order chi connectivity index (χ0) is 12.5. The average molecular weight is 227 g/mol.